The third-order valence-electron chi connectivity index (χ3n) is 2.38. The van der Waals surface area contributed by atoms with E-state index in [-0.39, 0.29) is 16.7 Å². The molecule has 0 spiro atoms. The minimum atomic E-state index is -3.23. The average molecular weight is 256 g/mol. The Balaban J connectivity index is 2.66. The van der Waals surface area contributed by atoms with E-state index in [0.717, 1.165) is 5.56 Å². The molecule has 0 bridgehead atoms. The molecular formula is C11H16N2O3S. The summed E-state index contributed by atoms with van der Waals surface area (Å²) in [4.78, 5) is 14.5. The van der Waals surface area contributed by atoms with Crippen LogP contribution in [-0.4, -0.2) is 25.1 Å². The third kappa shape index (κ3) is 4.14. The fourth-order valence-electron chi connectivity index (χ4n) is 1.36. The Kier molecular flexibility index (Phi) is 4.62. The first-order valence-electron chi connectivity index (χ1n) is 5.41. The van der Waals surface area contributed by atoms with Gasteiger partial charge in [0.15, 0.2) is 14.9 Å². The number of carbonyl (C=O) groups excluding carboxylic acids is 1. The van der Waals surface area contributed by atoms with E-state index in [9.17, 15) is 13.2 Å². The van der Waals surface area contributed by atoms with Crippen LogP contribution in [0.2, 0.25) is 0 Å². The van der Waals surface area contributed by atoms with Gasteiger partial charge in [-0.05, 0) is 24.5 Å². The van der Waals surface area contributed by atoms with Gasteiger partial charge in [0.25, 0.3) is 0 Å². The van der Waals surface area contributed by atoms with Crippen LogP contribution in [0.25, 0.3) is 0 Å². The molecule has 94 valence electrons. The number of aryl methyl sites for hydroxylation is 1. The molecule has 2 N–H and O–H groups in total. The van der Waals surface area contributed by atoms with Gasteiger partial charge in [0, 0.05) is 12.6 Å². The lowest BCUT2D eigenvalue weighted by Crippen LogP contribution is -2.10. The highest BCUT2D eigenvalue weighted by atomic mass is 32.2. The number of primary amides is 1. The Bertz CT molecular complexity index is 480. The molecule has 0 radical (unpaired) electrons. The Morgan fingerprint density at radius 2 is 2.12 bits per heavy atom. The molecule has 6 heteroatoms. The van der Waals surface area contributed by atoms with E-state index in [1.807, 2.05) is 0 Å². The molecule has 0 aliphatic carbocycles. The maximum atomic E-state index is 11.5. The predicted octanol–water partition coefficient (Wildman–Crippen LogP) is 0.683. The number of hydrogen-bond donors (Lipinski definition) is 1. The van der Waals surface area contributed by atoms with Gasteiger partial charge in [0.1, 0.15) is 0 Å². The SMILES string of the molecule is CCS(=O)(=O)c1ccc(CCCC(N)=O)cn1. The zero-order valence-corrected chi connectivity index (χ0v) is 10.5. The molecule has 1 heterocycles. The second-order valence-electron chi connectivity index (χ2n) is 3.73. The highest BCUT2D eigenvalue weighted by Gasteiger charge is 2.12. The molecule has 5 nitrogen and oxygen atoms in total. The van der Waals surface area contributed by atoms with Gasteiger partial charge in [-0.2, -0.15) is 0 Å². The van der Waals surface area contributed by atoms with Crippen LogP contribution >= 0.6 is 0 Å². The number of hydrogen-bond acceptors (Lipinski definition) is 4. The van der Waals surface area contributed by atoms with Gasteiger partial charge in [-0.15, -0.1) is 0 Å². The zero-order valence-electron chi connectivity index (χ0n) is 9.72. The molecule has 0 aliphatic heterocycles. The average Bonchev–Trinajstić information content (AvgIpc) is 2.29. The summed E-state index contributed by atoms with van der Waals surface area (Å²) < 4.78 is 23.0. The standard InChI is InChI=1S/C11H16N2O3S/c1-2-17(15,16)11-7-6-9(8-13-11)4-3-5-10(12)14/h6-8H,2-5H2,1H3,(H2,12,14). The lowest BCUT2D eigenvalue weighted by atomic mass is 10.1. The number of aromatic nitrogens is 1. The van der Waals surface area contributed by atoms with Crippen molar-refractivity contribution in [3.63, 3.8) is 0 Å². The molecule has 1 aromatic rings. The Morgan fingerprint density at radius 1 is 1.41 bits per heavy atom. The predicted molar refractivity (Wildman–Crippen MR) is 64.1 cm³/mol. The van der Waals surface area contributed by atoms with Crippen LogP contribution in [0.4, 0.5) is 0 Å². The van der Waals surface area contributed by atoms with Gasteiger partial charge >= 0.3 is 0 Å². The molecule has 0 aromatic carbocycles. The Labute approximate surface area is 101 Å². The molecule has 0 aliphatic rings. The summed E-state index contributed by atoms with van der Waals surface area (Å²) >= 11 is 0. The molecule has 1 rings (SSSR count). The van der Waals surface area contributed by atoms with Crippen molar-refractivity contribution in [1.82, 2.24) is 4.98 Å². The topological polar surface area (TPSA) is 90.1 Å². The van der Waals surface area contributed by atoms with Crippen molar-refractivity contribution >= 4 is 15.7 Å². The molecule has 0 fully saturated rings. The summed E-state index contributed by atoms with van der Waals surface area (Å²) in [6.45, 7) is 1.58. The quantitative estimate of drug-likeness (QED) is 0.810. The fraction of sp³-hybridized carbons (Fsp3) is 0.455. The summed E-state index contributed by atoms with van der Waals surface area (Å²) in [6.07, 6.45) is 3.18. The van der Waals surface area contributed by atoms with E-state index < -0.39 is 9.84 Å². The molecule has 0 unspecified atom stereocenters. The second-order valence-corrected chi connectivity index (χ2v) is 5.95. The molecule has 0 atom stereocenters. The number of nitrogens with two attached hydrogens (primary N) is 1. The molecular weight excluding hydrogens is 240 g/mol. The molecule has 0 saturated heterocycles. The summed E-state index contributed by atoms with van der Waals surface area (Å²) in [7, 11) is -3.23. The highest BCUT2D eigenvalue weighted by Crippen LogP contribution is 2.10. The second kappa shape index (κ2) is 5.77. The summed E-state index contributed by atoms with van der Waals surface area (Å²) in [6, 6.07) is 3.22. The maximum absolute atomic E-state index is 11.5. The van der Waals surface area contributed by atoms with Crippen molar-refractivity contribution < 1.29 is 13.2 Å². The van der Waals surface area contributed by atoms with E-state index in [0.29, 0.717) is 19.3 Å². The van der Waals surface area contributed by atoms with Crippen molar-refractivity contribution in [3.8, 4) is 0 Å². The number of nitrogens with zero attached hydrogens (tertiary/aromatic N) is 1. The van der Waals surface area contributed by atoms with Crippen LogP contribution < -0.4 is 5.73 Å². The number of pyridine rings is 1. The van der Waals surface area contributed by atoms with Crippen LogP contribution in [0.15, 0.2) is 23.4 Å². The summed E-state index contributed by atoms with van der Waals surface area (Å²) in [5.41, 5.74) is 5.93. The van der Waals surface area contributed by atoms with Gasteiger partial charge in [-0.25, -0.2) is 13.4 Å². The molecule has 1 amide bonds. The Morgan fingerprint density at radius 3 is 2.59 bits per heavy atom. The number of amides is 1. The fourth-order valence-corrected chi connectivity index (χ4v) is 2.14. The maximum Gasteiger partial charge on any atom is 0.217 e. The minimum absolute atomic E-state index is 0.0427. The zero-order chi connectivity index (χ0) is 12.9. The van der Waals surface area contributed by atoms with E-state index in [1.165, 1.54) is 12.3 Å². The first-order chi connectivity index (χ1) is 7.95. The number of rotatable bonds is 6. The molecule has 0 saturated carbocycles. The summed E-state index contributed by atoms with van der Waals surface area (Å²) in [5, 5.41) is 0.0960. The number of sulfone groups is 1. The Hall–Kier alpha value is -1.43. The number of carbonyl (C=O) groups is 1. The van der Waals surface area contributed by atoms with Gasteiger partial charge in [-0.3, -0.25) is 4.79 Å². The third-order valence-corrected chi connectivity index (χ3v) is 4.02. The first-order valence-corrected chi connectivity index (χ1v) is 7.07. The monoisotopic (exact) mass is 256 g/mol. The highest BCUT2D eigenvalue weighted by molar-refractivity contribution is 7.91. The van der Waals surface area contributed by atoms with Crippen LogP contribution in [0.5, 0.6) is 0 Å². The van der Waals surface area contributed by atoms with Crippen molar-refractivity contribution in [2.24, 2.45) is 5.73 Å². The van der Waals surface area contributed by atoms with Crippen LogP contribution in [0, 0.1) is 0 Å². The van der Waals surface area contributed by atoms with Crippen molar-refractivity contribution in [2.75, 3.05) is 5.75 Å². The van der Waals surface area contributed by atoms with E-state index >= 15 is 0 Å². The smallest absolute Gasteiger partial charge is 0.217 e. The summed E-state index contributed by atoms with van der Waals surface area (Å²) in [5.74, 6) is -0.288. The molecule has 17 heavy (non-hydrogen) atoms. The van der Waals surface area contributed by atoms with Gasteiger partial charge in [-0.1, -0.05) is 13.0 Å². The van der Waals surface area contributed by atoms with Crippen molar-refractivity contribution in [2.45, 2.75) is 31.2 Å². The lowest BCUT2D eigenvalue weighted by molar-refractivity contribution is -0.118. The largest absolute Gasteiger partial charge is 0.370 e. The van der Waals surface area contributed by atoms with Crippen LogP contribution in [-0.2, 0) is 21.1 Å². The first kappa shape index (κ1) is 13.6. The van der Waals surface area contributed by atoms with E-state index in [4.69, 9.17) is 5.73 Å². The van der Waals surface area contributed by atoms with Gasteiger partial charge in [0.2, 0.25) is 5.91 Å². The normalized spacial score (nSPS) is 11.4. The lowest BCUT2D eigenvalue weighted by Gasteiger charge is -2.02. The van der Waals surface area contributed by atoms with Crippen LogP contribution in [0.3, 0.4) is 0 Å². The van der Waals surface area contributed by atoms with Gasteiger partial charge < -0.3 is 5.73 Å². The van der Waals surface area contributed by atoms with E-state index in [1.54, 1.807) is 13.0 Å². The minimum Gasteiger partial charge on any atom is -0.370 e. The van der Waals surface area contributed by atoms with Gasteiger partial charge in [0.05, 0.1) is 5.75 Å². The molecule has 1 aromatic heterocycles. The van der Waals surface area contributed by atoms with Crippen molar-refractivity contribution in [3.05, 3.63) is 23.9 Å². The van der Waals surface area contributed by atoms with Crippen LogP contribution in [0.1, 0.15) is 25.3 Å². The van der Waals surface area contributed by atoms with Crippen molar-refractivity contribution in [1.29, 1.82) is 0 Å². The van der Waals surface area contributed by atoms with E-state index in [2.05, 4.69) is 4.98 Å².